The fourth-order valence-corrected chi connectivity index (χ4v) is 2.70. The van der Waals surface area contributed by atoms with E-state index in [0.29, 0.717) is 11.3 Å². The predicted octanol–water partition coefficient (Wildman–Crippen LogP) is 5.36. The van der Waals surface area contributed by atoms with Crippen molar-refractivity contribution in [3.8, 4) is 5.75 Å². The number of nitrogens with two attached hydrogens (primary N) is 1. The lowest BCUT2D eigenvalue weighted by Crippen LogP contribution is -2.13. The van der Waals surface area contributed by atoms with Gasteiger partial charge in [-0.15, -0.1) is 0 Å². The van der Waals surface area contributed by atoms with Crippen LogP contribution >= 0.6 is 0 Å². The van der Waals surface area contributed by atoms with Crippen LogP contribution in [0.15, 0.2) is 18.2 Å². The van der Waals surface area contributed by atoms with E-state index in [1.807, 2.05) is 0 Å². The summed E-state index contributed by atoms with van der Waals surface area (Å²) >= 11 is 0. The maximum atomic E-state index is 13.9. The number of methoxy groups -OCH3 is 1. The van der Waals surface area contributed by atoms with Gasteiger partial charge in [0.1, 0.15) is 11.6 Å². The lowest BCUT2D eigenvalue weighted by atomic mass is 9.99. The summed E-state index contributed by atoms with van der Waals surface area (Å²) in [6, 6.07) is 4.60. The molecule has 0 aromatic heterocycles. The van der Waals surface area contributed by atoms with Crippen LogP contribution in [-0.4, -0.2) is 7.11 Å². The van der Waals surface area contributed by atoms with Crippen molar-refractivity contribution in [2.24, 2.45) is 5.73 Å². The highest BCUT2D eigenvalue weighted by Crippen LogP contribution is 2.29. The average Bonchev–Trinajstić information content (AvgIpc) is 2.49. The molecule has 0 amide bonds. The predicted molar refractivity (Wildman–Crippen MR) is 87.1 cm³/mol. The molecule has 0 radical (unpaired) electrons. The van der Waals surface area contributed by atoms with Gasteiger partial charge in [-0.05, 0) is 18.6 Å². The topological polar surface area (TPSA) is 35.2 Å². The Morgan fingerprint density at radius 3 is 2.29 bits per heavy atom. The first-order valence-electron chi connectivity index (χ1n) is 8.28. The van der Waals surface area contributed by atoms with Gasteiger partial charge in [0.05, 0.1) is 7.11 Å². The van der Waals surface area contributed by atoms with Crippen LogP contribution < -0.4 is 10.5 Å². The van der Waals surface area contributed by atoms with Gasteiger partial charge in [-0.1, -0.05) is 64.4 Å². The molecule has 1 aromatic rings. The first kappa shape index (κ1) is 18.0. The highest BCUT2D eigenvalue weighted by Gasteiger charge is 2.16. The summed E-state index contributed by atoms with van der Waals surface area (Å²) in [6.45, 7) is 2.23. The van der Waals surface area contributed by atoms with Gasteiger partial charge in [0.15, 0.2) is 0 Å². The smallest absolute Gasteiger partial charge is 0.131 e. The molecule has 120 valence electrons. The van der Waals surface area contributed by atoms with E-state index in [1.165, 1.54) is 51.0 Å². The van der Waals surface area contributed by atoms with Crippen molar-refractivity contribution in [1.29, 1.82) is 0 Å². The van der Waals surface area contributed by atoms with Gasteiger partial charge >= 0.3 is 0 Å². The molecule has 2 N–H and O–H groups in total. The van der Waals surface area contributed by atoms with Crippen LogP contribution in [-0.2, 0) is 0 Å². The molecule has 0 bridgehead atoms. The second-order valence-corrected chi connectivity index (χ2v) is 5.73. The summed E-state index contributed by atoms with van der Waals surface area (Å²) in [4.78, 5) is 0. The minimum Gasteiger partial charge on any atom is -0.496 e. The average molecular weight is 295 g/mol. The number of benzene rings is 1. The highest BCUT2D eigenvalue weighted by molar-refractivity contribution is 5.36. The first-order chi connectivity index (χ1) is 10.2. The van der Waals surface area contributed by atoms with Gasteiger partial charge in [-0.2, -0.15) is 0 Å². The maximum absolute atomic E-state index is 13.9. The zero-order valence-corrected chi connectivity index (χ0v) is 13.5. The second-order valence-electron chi connectivity index (χ2n) is 5.73. The molecule has 2 nitrogen and oxygen atoms in total. The van der Waals surface area contributed by atoms with Crippen molar-refractivity contribution in [1.82, 2.24) is 0 Å². The monoisotopic (exact) mass is 295 g/mol. The SMILES string of the molecule is CCCCCCCCCCC(N)c1c(F)cccc1OC. The van der Waals surface area contributed by atoms with Gasteiger partial charge in [0.2, 0.25) is 0 Å². The Bertz CT molecular complexity index is 395. The van der Waals surface area contributed by atoms with Crippen molar-refractivity contribution >= 4 is 0 Å². The molecule has 1 atom stereocenters. The van der Waals surface area contributed by atoms with E-state index in [-0.39, 0.29) is 11.9 Å². The molecule has 0 spiro atoms. The van der Waals surface area contributed by atoms with Gasteiger partial charge in [-0.25, -0.2) is 4.39 Å². The quantitative estimate of drug-likeness (QED) is 0.557. The summed E-state index contributed by atoms with van der Waals surface area (Å²) < 4.78 is 19.1. The number of hydrogen-bond acceptors (Lipinski definition) is 2. The standard InChI is InChI=1S/C18H30FNO/c1-3-4-5-6-7-8-9-10-13-16(20)18-15(19)12-11-14-17(18)21-2/h11-12,14,16H,3-10,13,20H2,1-2H3. The molecule has 0 saturated carbocycles. The van der Waals surface area contributed by atoms with Crippen LogP contribution in [0.2, 0.25) is 0 Å². The third kappa shape index (κ3) is 6.47. The van der Waals surface area contributed by atoms with E-state index in [0.717, 1.165) is 12.8 Å². The van der Waals surface area contributed by atoms with Crippen molar-refractivity contribution < 1.29 is 9.13 Å². The van der Waals surface area contributed by atoms with Gasteiger partial charge in [0.25, 0.3) is 0 Å². The molecular formula is C18H30FNO. The van der Waals surface area contributed by atoms with Crippen LogP contribution in [0.4, 0.5) is 4.39 Å². The molecule has 0 aliphatic carbocycles. The molecule has 1 aromatic carbocycles. The van der Waals surface area contributed by atoms with Crippen LogP contribution in [0.25, 0.3) is 0 Å². The zero-order chi connectivity index (χ0) is 15.5. The third-order valence-corrected chi connectivity index (χ3v) is 3.97. The van der Waals surface area contributed by atoms with Crippen LogP contribution in [0.3, 0.4) is 0 Å². The number of ether oxygens (including phenoxy) is 1. The fraction of sp³-hybridized carbons (Fsp3) is 0.667. The summed E-state index contributed by atoms with van der Waals surface area (Å²) in [5, 5.41) is 0. The lowest BCUT2D eigenvalue weighted by molar-refractivity contribution is 0.395. The molecule has 0 fully saturated rings. The minimum atomic E-state index is -0.277. The lowest BCUT2D eigenvalue weighted by Gasteiger charge is -2.16. The highest BCUT2D eigenvalue weighted by atomic mass is 19.1. The number of halogens is 1. The number of rotatable bonds is 11. The molecule has 21 heavy (non-hydrogen) atoms. The minimum absolute atomic E-state index is 0.263. The zero-order valence-electron chi connectivity index (χ0n) is 13.5. The van der Waals surface area contributed by atoms with Gasteiger partial charge in [-0.3, -0.25) is 0 Å². The molecular weight excluding hydrogens is 265 g/mol. The first-order valence-corrected chi connectivity index (χ1v) is 8.28. The van der Waals surface area contributed by atoms with E-state index in [2.05, 4.69) is 6.92 Å². The van der Waals surface area contributed by atoms with Crippen molar-refractivity contribution in [3.05, 3.63) is 29.6 Å². The van der Waals surface area contributed by atoms with Crippen molar-refractivity contribution in [3.63, 3.8) is 0 Å². The van der Waals surface area contributed by atoms with Crippen LogP contribution in [0.1, 0.15) is 76.3 Å². The summed E-state index contributed by atoms with van der Waals surface area (Å²) in [5.41, 5.74) is 6.65. The summed E-state index contributed by atoms with van der Waals surface area (Å²) in [6.07, 6.45) is 10.9. The van der Waals surface area contributed by atoms with Gasteiger partial charge < -0.3 is 10.5 Å². The van der Waals surface area contributed by atoms with Gasteiger partial charge in [0, 0.05) is 11.6 Å². The van der Waals surface area contributed by atoms with E-state index >= 15 is 0 Å². The Morgan fingerprint density at radius 1 is 1.05 bits per heavy atom. The maximum Gasteiger partial charge on any atom is 0.131 e. The van der Waals surface area contributed by atoms with E-state index < -0.39 is 0 Å². The Hall–Kier alpha value is -1.09. The Kier molecular flexibility index (Phi) is 9.07. The van der Waals surface area contributed by atoms with E-state index in [4.69, 9.17) is 10.5 Å². The summed E-state index contributed by atoms with van der Waals surface area (Å²) in [5.74, 6) is 0.295. The number of hydrogen-bond donors (Lipinski definition) is 1. The number of unbranched alkanes of at least 4 members (excludes halogenated alkanes) is 7. The Morgan fingerprint density at radius 2 is 1.67 bits per heavy atom. The largest absolute Gasteiger partial charge is 0.496 e. The summed E-state index contributed by atoms with van der Waals surface area (Å²) in [7, 11) is 1.56. The van der Waals surface area contributed by atoms with E-state index in [9.17, 15) is 4.39 Å². The Balaban J connectivity index is 2.26. The normalized spacial score (nSPS) is 12.4. The molecule has 0 heterocycles. The van der Waals surface area contributed by atoms with Crippen LogP contribution in [0, 0.1) is 5.82 Å². The molecule has 3 heteroatoms. The molecule has 0 saturated heterocycles. The molecule has 0 aliphatic rings. The molecule has 0 aliphatic heterocycles. The fourth-order valence-electron chi connectivity index (χ4n) is 2.70. The van der Waals surface area contributed by atoms with Crippen LogP contribution in [0.5, 0.6) is 5.75 Å². The van der Waals surface area contributed by atoms with Crippen molar-refractivity contribution in [2.75, 3.05) is 7.11 Å². The third-order valence-electron chi connectivity index (χ3n) is 3.97. The molecule has 1 rings (SSSR count). The van der Waals surface area contributed by atoms with E-state index in [1.54, 1.807) is 19.2 Å². The second kappa shape index (κ2) is 10.6. The Labute approximate surface area is 128 Å². The molecule has 1 unspecified atom stereocenters. The van der Waals surface area contributed by atoms with Crippen molar-refractivity contribution in [2.45, 2.75) is 70.8 Å².